The van der Waals surface area contributed by atoms with E-state index >= 15 is 0 Å². The molecule has 0 aliphatic carbocycles. The summed E-state index contributed by atoms with van der Waals surface area (Å²) in [5, 5.41) is 13.3. The van der Waals surface area contributed by atoms with Crippen molar-refractivity contribution in [2.24, 2.45) is 0 Å². The van der Waals surface area contributed by atoms with Crippen LogP contribution in [0, 0.1) is 0 Å². The molecule has 0 bridgehead atoms. The molecule has 9 nitrogen and oxygen atoms in total. The number of amides is 1. The molecular formula is C21H17F3N6O3. The van der Waals surface area contributed by atoms with Crippen molar-refractivity contribution in [1.82, 2.24) is 24.8 Å². The van der Waals surface area contributed by atoms with Gasteiger partial charge in [0.1, 0.15) is 17.1 Å². The van der Waals surface area contributed by atoms with Crippen molar-refractivity contribution < 1.29 is 27.4 Å². The van der Waals surface area contributed by atoms with E-state index in [1.807, 2.05) is 0 Å². The van der Waals surface area contributed by atoms with Crippen molar-refractivity contribution in [2.45, 2.75) is 19.9 Å². The number of fused-ring (bicyclic) bond motifs is 1. The molecule has 2 N–H and O–H groups in total. The van der Waals surface area contributed by atoms with E-state index in [0.717, 1.165) is 0 Å². The van der Waals surface area contributed by atoms with Gasteiger partial charge in [0, 0.05) is 18.0 Å². The van der Waals surface area contributed by atoms with Crippen LogP contribution in [0.4, 0.5) is 18.9 Å². The number of rotatable bonds is 8. The monoisotopic (exact) mass is 458 g/mol. The lowest BCUT2D eigenvalue weighted by Gasteiger charge is -2.15. The first-order valence-electron chi connectivity index (χ1n) is 9.62. The minimum Gasteiger partial charge on any atom is -0.456 e. The van der Waals surface area contributed by atoms with Gasteiger partial charge in [-0.25, -0.2) is 9.50 Å². The second-order valence-electron chi connectivity index (χ2n) is 6.59. The Morgan fingerprint density at radius 2 is 2.09 bits per heavy atom. The molecule has 12 heteroatoms. The average Bonchev–Trinajstić information content (AvgIpc) is 3.41. The Morgan fingerprint density at radius 1 is 1.24 bits per heavy atom. The van der Waals surface area contributed by atoms with Crippen LogP contribution in [0.2, 0.25) is 0 Å². The van der Waals surface area contributed by atoms with E-state index in [2.05, 4.69) is 30.3 Å². The van der Waals surface area contributed by atoms with Crippen molar-refractivity contribution >= 4 is 17.2 Å². The quantitative estimate of drug-likeness (QED) is 0.383. The number of alkyl halides is 3. The zero-order valence-electron chi connectivity index (χ0n) is 17.1. The number of hydrogen-bond acceptors (Lipinski definition) is 6. The molecule has 0 aliphatic heterocycles. The van der Waals surface area contributed by atoms with E-state index in [1.54, 1.807) is 19.2 Å². The van der Waals surface area contributed by atoms with Gasteiger partial charge in [-0.1, -0.05) is 6.08 Å². The standard InChI is InChI=1S/C21H17F3N6O3/c1-2-4-17(22)33-16-6-5-12(32-21(23)24)9-13(16)18-15(11-26-29-18)28-20(31)14-10-27-30-8-3-7-25-19(14)30/h2-11,17,21H,1H3,(H,26,29)(H,28,31)/b4-2+. The molecule has 33 heavy (non-hydrogen) atoms. The van der Waals surface area contributed by atoms with E-state index in [0.29, 0.717) is 5.65 Å². The van der Waals surface area contributed by atoms with Gasteiger partial charge in [0.25, 0.3) is 12.3 Å². The van der Waals surface area contributed by atoms with Crippen LogP contribution in [0.5, 0.6) is 11.5 Å². The number of benzene rings is 1. The Hall–Kier alpha value is -4.35. The summed E-state index contributed by atoms with van der Waals surface area (Å²) in [6.07, 6.45) is 6.67. The molecule has 0 aliphatic rings. The molecule has 1 amide bonds. The maximum atomic E-state index is 14.1. The maximum absolute atomic E-state index is 14.1. The number of hydrogen-bond donors (Lipinski definition) is 2. The van der Waals surface area contributed by atoms with Gasteiger partial charge in [-0.3, -0.25) is 9.89 Å². The second-order valence-corrected chi connectivity index (χ2v) is 6.59. The molecule has 4 aromatic rings. The fraction of sp³-hybridized carbons (Fsp3) is 0.143. The van der Waals surface area contributed by atoms with Crippen LogP contribution in [0.25, 0.3) is 16.9 Å². The summed E-state index contributed by atoms with van der Waals surface area (Å²) < 4.78 is 50.7. The summed E-state index contributed by atoms with van der Waals surface area (Å²) in [6, 6.07) is 5.39. The molecule has 1 unspecified atom stereocenters. The van der Waals surface area contributed by atoms with Crippen LogP contribution in [0.3, 0.4) is 0 Å². The SMILES string of the molecule is C/C=C/C(F)Oc1ccc(OC(F)F)cc1-c1[nH]ncc1NC(=O)c1cnn2cccnc12. The van der Waals surface area contributed by atoms with Crippen LogP contribution in [-0.2, 0) is 0 Å². The highest BCUT2D eigenvalue weighted by molar-refractivity contribution is 6.09. The fourth-order valence-electron chi connectivity index (χ4n) is 3.06. The number of ether oxygens (including phenoxy) is 2. The van der Waals surface area contributed by atoms with Crippen LogP contribution < -0.4 is 14.8 Å². The number of nitrogens with zero attached hydrogens (tertiary/aromatic N) is 4. The predicted molar refractivity (Wildman–Crippen MR) is 112 cm³/mol. The van der Waals surface area contributed by atoms with Gasteiger partial charge in [0.15, 0.2) is 5.65 Å². The molecule has 1 aromatic carbocycles. The first-order valence-corrected chi connectivity index (χ1v) is 9.62. The smallest absolute Gasteiger partial charge is 0.387 e. The average molecular weight is 458 g/mol. The van der Waals surface area contributed by atoms with Gasteiger partial charge in [-0.05, 0) is 37.3 Å². The highest BCUT2D eigenvalue weighted by atomic mass is 19.3. The number of anilines is 1. The summed E-state index contributed by atoms with van der Waals surface area (Å²) in [4.78, 5) is 17.0. The van der Waals surface area contributed by atoms with E-state index in [-0.39, 0.29) is 34.0 Å². The summed E-state index contributed by atoms with van der Waals surface area (Å²) in [7, 11) is 0. The largest absolute Gasteiger partial charge is 0.456 e. The van der Waals surface area contributed by atoms with Crippen molar-refractivity contribution in [3.05, 3.63) is 66.8 Å². The molecule has 0 saturated heterocycles. The first-order chi connectivity index (χ1) is 16.0. The Morgan fingerprint density at radius 3 is 2.88 bits per heavy atom. The molecule has 170 valence electrons. The van der Waals surface area contributed by atoms with Crippen LogP contribution in [0.1, 0.15) is 17.3 Å². The van der Waals surface area contributed by atoms with Crippen molar-refractivity contribution in [3.63, 3.8) is 0 Å². The van der Waals surface area contributed by atoms with E-state index in [4.69, 9.17) is 4.74 Å². The Labute approximate surface area is 184 Å². The van der Waals surface area contributed by atoms with Gasteiger partial charge in [-0.2, -0.15) is 23.4 Å². The molecule has 1 atom stereocenters. The Kier molecular flexibility index (Phi) is 6.24. The molecule has 0 saturated carbocycles. The lowest BCUT2D eigenvalue weighted by Crippen LogP contribution is -2.13. The first kappa shape index (κ1) is 21.9. The predicted octanol–water partition coefficient (Wildman–Crippen LogP) is 4.22. The lowest BCUT2D eigenvalue weighted by molar-refractivity contribution is -0.0498. The maximum Gasteiger partial charge on any atom is 0.387 e. The Balaban J connectivity index is 1.69. The van der Waals surface area contributed by atoms with Crippen molar-refractivity contribution in [1.29, 1.82) is 0 Å². The third-order valence-electron chi connectivity index (χ3n) is 4.44. The highest BCUT2D eigenvalue weighted by Gasteiger charge is 2.21. The highest BCUT2D eigenvalue weighted by Crippen LogP contribution is 2.37. The summed E-state index contributed by atoms with van der Waals surface area (Å²) in [5.41, 5.74) is 1.06. The fourth-order valence-corrected chi connectivity index (χ4v) is 3.06. The van der Waals surface area contributed by atoms with Crippen molar-refractivity contribution in [2.75, 3.05) is 5.32 Å². The zero-order chi connectivity index (χ0) is 23.4. The lowest BCUT2D eigenvalue weighted by atomic mass is 10.1. The molecular weight excluding hydrogens is 441 g/mol. The number of carbonyl (C=O) groups excluding carboxylic acids is 1. The van der Waals surface area contributed by atoms with Crippen LogP contribution in [0.15, 0.2) is 61.2 Å². The summed E-state index contributed by atoms with van der Waals surface area (Å²) in [5.74, 6) is -0.710. The van der Waals surface area contributed by atoms with Crippen LogP contribution >= 0.6 is 0 Å². The van der Waals surface area contributed by atoms with Gasteiger partial charge in [0.05, 0.1) is 23.8 Å². The van der Waals surface area contributed by atoms with Crippen molar-refractivity contribution in [3.8, 4) is 22.8 Å². The van der Waals surface area contributed by atoms with Gasteiger partial charge in [0.2, 0.25) is 0 Å². The summed E-state index contributed by atoms with van der Waals surface area (Å²) >= 11 is 0. The van der Waals surface area contributed by atoms with E-state index < -0.39 is 18.9 Å². The van der Waals surface area contributed by atoms with E-state index in [1.165, 1.54) is 53.5 Å². The molecule has 4 rings (SSSR count). The molecule has 3 heterocycles. The molecule has 3 aromatic heterocycles. The number of carbonyl (C=O) groups is 1. The van der Waals surface area contributed by atoms with E-state index in [9.17, 15) is 18.0 Å². The summed E-state index contributed by atoms with van der Waals surface area (Å²) in [6.45, 7) is -1.44. The molecule has 0 fully saturated rings. The minimum atomic E-state index is -3.06. The molecule has 0 radical (unpaired) electrons. The topological polar surface area (TPSA) is 106 Å². The number of nitrogens with one attached hydrogen (secondary N) is 2. The number of halogens is 3. The minimum absolute atomic E-state index is 0.0135. The van der Waals surface area contributed by atoms with Crippen LogP contribution in [-0.4, -0.2) is 43.7 Å². The Bertz CT molecular complexity index is 1300. The second kappa shape index (κ2) is 9.42. The molecule has 0 spiro atoms. The number of aromatic nitrogens is 5. The third kappa shape index (κ3) is 4.79. The van der Waals surface area contributed by atoms with Gasteiger partial charge < -0.3 is 14.8 Å². The van der Waals surface area contributed by atoms with Gasteiger partial charge >= 0.3 is 6.61 Å². The zero-order valence-corrected chi connectivity index (χ0v) is 17.1. The van der Waals surface area contributed by atoms with Gasteiger partial charge in [-0.15, -0.1) is 0 Å². The number of aromatic amines is 1. The number of allylic oxidation sites excluding steroid dienone is 1. The normalized spacial score (nSPS) is 12.4. The third-order valence-corrected chi connectivity index (χ3v) is 4.44. The number of H-pyrrole nitrogens is 1.